The molecule has 1 radical (unpaired) electrons. The van der Waals surface area contributed by atoms with Crippen LogP contribution in [0, 0.1) is 24.2 Å². The highest BCUT2D eigenvalue weighted by molar-refractivity contribution is 4.81. The van der Waals surface area contributed by atoms with Crippen molar-refractivity contribution >= 4 is 0 Å². The molecule has 0 nitrogen and oxygen atoms in total. The van der Waals surface area contributed by atoms with Gasteiger partial charge in [0.05, 0.1) is 0 Å². The van der Waals surface area contributed by atoms with Crippen molar-refractivity contribution in [2.45, 2.75) is 47.5 Å². The predicted octanol–water partition coefficient (Wildman–Crippen LogP) is 3.92. The minimum Gasteiger partial charge on any atom is -0.0649 e. The normalized spacial score (nSPS) is 15.5. The van der Waals surface area contributed by atoms with Crippen molar-refractivity contribution in [3.8, 4) is 0 Å². The molecule has 0 aromatic heterocycles. The Kier molecular flexibility index (Phi) is 4.13. The van der Waals surface area contributed by atoms with Gasteiger partial charge >= 0.3 is 0 Å². The molecule has 0 aromatic rings. The van der Waals surface area contributed by atoms with Crippen LogP contribution in [0.5, 0.6) is 0 Å². The number of rotatable bonds is 4. The van der Waals surface area contributed by atoms with Gasteiger partial charge in [0, 0.05) is 0 Å². The van der Waals surface area contributed by atoms with E-state index in [4.69, 9.17) is 0 Å². The van der Waals surface area contributed by atoms with Crippen molar-refractivity contribution in [3.63, 3.8) is 0 Å². The summed E-state index contributed by atoms with van der Waals surface area (Å²) in [4.78, 5) is 0. The Bertz CT molecular complexity index is 98.6. The summed E-state index contributed by atoms with van der Waals surface area (Å²) in [5.41, 5.74) is 0.501. The Morgan fingerprint density at radius 2 is 1.55 bits per heavy atom. The van der Waals surface area contributed by atoms with Crippen LogP contribution in [0.25, 0.3) is 0 Å². The SMILES string of the molecule is [CH2]C(C)C(C)C(C)(CC)CC. The van der Waals surface area contributed by atoms with Gasteiger partial charge in [-0.05, 0) is 17.3 Å². The zero-order chi connectivity index (χ0) is 9.07. The van der Waals surface area contributed by atoms with Crippen molar-refractivity contribution in [3.05, 3.63) is 6.92 Å². The molecule has 0 heteroatoms. The van der Waals surface area contributed by atoms with Crippen LogP contribution in [0.4, 0.5) is 0 Å². The highest BCUT2D eigenvalue weighted by Gasteiger charge is 2.28. The fourth-order valence-corrected chi connectivity index (χ4v) is 1.58. The molecule has 0 fully saturated rings. The first-order valence-corrected chi connectivity index (χ1v) is 4.81. The molecule has 0 saturated heterocycles. The van der Waals surface area contributed by atoms with Gasteiger partial charge in [-0.15, -0.1) is 0 Å². The standard InChI is InChI=1S/C11H23/c1-7-11(6,8-2)10(5)9(3)4/h9-10H,3,7-8H2,1-2,4-6H3. The fourth-order valence-electron chi connectivity index (χ4n) is 1.58. The van der Waals surface area contributed by atoms with Crippen molar-refractivity contribution in [2.75, 3.05) is 0 Å². The molecule has 2 atom stereocenters. The first kappa shape index (κ1) is 11.0. The lowest BCUT2D eigenvalue weighted by Gasteiger charge is -2.36. The molecule has 0 rings (SSSR count). The van der Waals surface area contributed by atoms with Crippen LogP contribution in [0.15, 0.2) is 0 Å². The Morgan fingerprint density at radius 3 is 1.64 bits per heavy atom. The van der Waals surface area contributed by atoms with E-state index in [9.17, 15) is 0 Å². The van der Waals surface area contributed by atoms with E-state index in [1.165, 1.54) is 12.8 Å². The van der Waals surface area contributed by atoms with Crippen LogP contribution in [-0.2, 0) is 0 Å². The van der Waals surface area contributed by atoms with Crippen LogP contribution in [0.3, 0.4) is 0 Å². The molecule has 0 heterocycles. The average Bonchev–Trinajstić information content (AvgIpc) is 2.01. The van der Waals surface area contributed by atoms with E-state index in [1.807, 2.05) is 0 Å². The molecule has 67 valence electrons. The third-order valence-corrected chi connectivity index (χ3v) is 3.57. The number of hydrogen-bond acceptors (Lipinski definition) is 0. The topological polar surface area (TPSA) is 0 Å². The van der Waals surface area contributed by atoms with Gasteiger partial charge in [-0.2, -0.15) is 0 Å². The lowest BCUT2D eigenvalue weighted by molar-refractivity contribution is 0.149. The zero-order valence-electron chi connectivity index (χ0n) is 8.78. The minimum absolute atomic E-state index is 0.501. The van der Waals surface area contributed by atoms with Crippen molar-refractivity contribution < 1.29 is 0 Å². The fraction of sp³-hybridized carbons (Fsp3) is 0.909. The van der Waals surface area contributed by atoms with Gasteiger partial charge < -0.3 is 0 Å². The van der Waals surface area contributed by atoms with E-state index in [-0.39, 0.29) is 0 Å². The van der Waals surface area contributed by atoms with E-state index in [0.717, 1.165) is 5.92 Å². The van der Waals surface area contributed by atoms with Crippen molar-refractivity contribution in [2.24, 2.45) is 17.3 Å². The summed E-state index contributed by atoms with van der Waals surface area (Å²) in [6.45, 7) is 15.6. The van der Waals surface area contributed by atoms with Crippen LogP contribution in [-0.4, -0.2) is 0 Å². The third kappa shape index (κ3) is 2.50. The van der Waals surface area contributed by atoms with Gasteiger partial charge in [0.1, 0.15) is 0 Å². The largest absolute Gasteiger partial charge is 0.0649 e. The van der Waals surface area contributed by atoms with Gasteiger partial charge in [-0.25, -0.2) is 0 Å². The molecule has 0 saturated carbocycles. The monoisotopic (exact) mass is 155 g/mol. The second kappa shape index (κ2) is 4.13. The van der Waals surface area contributed by atoms with Crippen molar-refractivity contribution in [1.82, 2.24) is 0 Å². The molecular formula is C11H23. The summed E-state index contributed by atoms with van der Waals surface area (Å²) in [5, 5.41) is 0. The minimum atomic E-state index is 0.501. The van der Waals surface area contributed by atoms with Gasteiger partial charge in [0.2, 0.25) is 0 Å². The third-order valence-electron chi connectivity index (χ3n) is 3.57. The Labute approximate surface area is 72.4 Å². The van der Waals surface area contributed by atoms with E-state index in [0.29, 0.717) is 11.3 Å². The summed E-state index contributed by atoms with van der Waals surface area (Å²) in [7, 11) is 0. The van der Waals surface area contributed by atoms with Gasteiger partial charge in [-0.1, -0.05) is 54.4 Å². The van der Waals surface area contributed by atoms with Gasteiger partial charge in [0.15, 0.2) is 0 Å². The van der Waals surface area contributed by atoms with Crippen LogP contribution in [0.2, 0.25) is 0 Å². The van der Waals surface area contributed by atoms with Gasteiger partial charge in [0.25, 0.3) is 0 Å². The zero-order valence-corrected chi connectivity index (χ0v) is 8.78. The smallest absolute Gasteiger partial charge is 0.0303 e. The van der Waals surface area contributed by atoms with Crippen LogP contribution in [0.1, 0.15) is 47.5 Å². The van der Waals surface area contributed by atoms with Crippen molar-refractivity contribution in [1.29, 1.82) is 0 Å². The van der Waals surface area contributed by atoms with E-state index in [2.05, 4.69) is 41.5 Å². The molecule has 0 aromatic carbocycles. The lowest BCUT2D eigenvalue weighted by atomic mass is 9.69. The molecule has 2 unspecified atom stereocenters. The lowest BCUT2D eigenvalue weighted by Crippen LogP contribution is -2.27. The van der Waals surface area contributed by atoms with Gasteiger partial charge in [-0.3, -0.25) is 0 Å². The molecule has 0 bridgehead atoms. The maximum atomic E-state index is 4.10. The van der Waals surface area contributed by atoms with E-state index in [1.54, 1.807) is 0 Å². The molecule has 0 amide bonds. The quantitative estimate of drug-likeness (QED) is 0.577. The second-order valence-electron chi connectivity index (χ2n) is 4.13. The summed E-state index contributed by atoms with van der Waals surface area (Å²) >= 11 is 0. The summed E-state index contributed by atoms with van der Waals surface area (Å²) in [5.74, 6) is 1.30. The maximum Gasteiger partial charge on any atom is -0.0303 e. The molecule has 11 heavy (non-hydrogen) atoms. The second-order valence-corrected chi connectivity index (χ2v) is 4.13. The first-order valence-electron chi connectivity index (χ1n) is 4.81. The molecule has 0 aliphatic heterocycles. The average molecular weight is 155 g/mol. The summed E-state index contributed by atoms with van der Waals surface area (Å²) < 4.78 is 0. The summed E-state index contributed by atoms with van der Waals surface area (Å²) in [6, 6.07) is 0. The Balaban J connectivity index is 4.24. The van der Waals surface area contributed by atoms with E-state index < -0.39 is 0 Å². The van der Waals surface area contributed by atoms with Crippen LogP contribution < -0.4 is 0 Å². The summed E-state index contributed by atoms with van der Waals surface area (Å²) in [6.07, 6.45) is 2.54. The number of hydrogen-bond donors (Lipinski definition) is 0. The van der Waals surface area contributed by atoms with E-state index >= 15 is 0 Å². The molecule has 0 aliphatic rings. The maximum absolute atomic E-state index is 4.10. The van der Waals surface area contributed by atoms with Crippen LogP contribution >= 0.6 is 0 Å². The molecule has 0 N–H and O–H groups in total. The highest BCUT2D eigenvalue weighted by atomic mass is 14.3. The molecular weight excluding hydrogens is 132 g/mol. The predicted molar refractivity (Wildman–Crippen MR) is 52.4 cm³/mol. The molecule has 0 aliphatic carbocycles. The molecule has 0 spiro atoms. The highest BCUT2D eigenvalue weighted by Crippen LogP contribution is 2.38. The first-order chi connectivity index (χ1) is 4.98. The Hall–Kier alpha value is 0. The Morgan fingerprint density at radius 1 is 1.18 bits per heavy atom.